The van der Waals surface area contributed by atoms with Crippen LogP contribution in [0.1, 0.15) is 5.56 Å². The molecule has 1 aromatic carbocycles. The number of aliphatic hydroxyl groups is 1. The summed E-state index contributed by atoms with van der Waals surface area (Å²) in [4.78, 5) is 0. The van der Waals surface area contributed by atoms with Gasteiger partial charge in [-0.2, -0.15) is 5.10 Å². The van der Waals surface area contributed by atoms with Gasteiger partial charge in [0.05, 0.1) is 25.6 Å². The zero-order valence-corrected chi connectivity index (χ0v) is 8.92. The smallest absolute Gasteiger partial charge is 0.132 e. The minimum absolute atomic E-state index is 0.115. The van der Waals surface area contributed by atoms with E-state index in [9.17, 15) is 0 Å². The molecular weight excluding hydrogens is 206 g/mol. The predicted octanol–water partition coefficient (Wildman–Crippen LogP) is 0.955. The Morgan fingerprint density at radius 2 is 2.31 bits per heavy atom. The van der Waals surface area contributed by atoms with Crippen LogP contribution in [0.15, 0.2) is 30.5 Å². The number of hydrogen-bond acceptors (Lipinski definition) is 4. The van der Waals surface area contributed by atoms with Crippen LogP contribution in [0.3, 0.4) is 0 Å². The van der Waals surface area contributed by atoms with Gasteiger partial charge in [0.1, 0.15) is 11.6 Å². The third-order valence-corrected chi connectivity index (χ3v) is 2.35. The van der Waals surface area contributed by atoms with Crippen LogP contribution in [0.2, 0.25) is 0 Å². The molecule has 0 fully saturated rings. The summed E-state index contributed by atoms with van der Waals surface area (Å²) in [6, 6.07) is 7.39. The molecule has 0 aliphatic heterocycles. The van der Waals surface area contributed by atoms with Gasteiger partial charge in [0.2, 0.25) is 0 Å². The first-order valence-electron chi connectivity index (χ1n) is 4.84. The molecule has 2 rings (SSSR count). The van der Waals surface area contributed by atoms with Gasteiger partial charge in [0.25, 0.3) is 0 Å². The highest BCUT2D eigenvalue weighted by Gasteiger charge is 2.08. The molecule has 0 amide bonds. The molecule has 1 heterocycles. The van der Waals surface area contributed by atoms with E-state index in [2.05, 4.69) is 5.10 Å². The van der Waals surface area contributed by atoms with Gasteiger partial charge in [0, 0.05) is 11.6 Å². The summed E-state index contributed by atoms with van der Waals surface area (Å²) >= 11 is 0. The van der Waals surface area contributed by atoms with Crippen molar-refractivity contribution in [3.8, 4) is 11.4 Å². The summed E-state index contributed by atoms with van der Waals surface area (Å²) in [7, 11) is 1.60. The first kappa shape index (κ1) is 10.5. The number of nitrogen functional groups attached to an aromatic ring is 1. The molecule has 84 valence electrons. The largest absolute Gasteiger partial charge is 0.497 e. The number of methoxy groups -OCH3 is 1. The number of nitrogens with zero attached hydrogens (tertiary/aromatic N) is 2. The van der Waals surface area contributed by atoms with Crippen molar-refractivity contribution in [3.05, 3.63) is 36.0 Å². The van der Waals surface area contributed by atoms with Crippen LogP contribution in [-0.2, 0) is 6.61 Å². The van der Waals surface area contributed by atoms with Crippen molar-refractivity contribution in [1.29, 1.82) is 0 Å². The van der Waals surface area contributed by atoms with Crippen molar-refractivity contribution in [1.82, 2.24) is 9.78 Å². The van der Waals surface area contributed by atoms with E-state index in [1.54, 1.807) is 18.0 Å². The van der Waals surface area contributed by atoms with Gasteiger partial charge in [-0.1, -0.05) is 6.07 Å². The van der Waals surface area contributed by atoms with Crippen molar-refractivity contribution in [2.45, 2.75) is 6.61 Å². The van der Waals surface area contributed by atoms with Crippen molar-refractivity contribution < 1.29 is 9.84 Å². The van der Waals surface area contributed by atoms with Gasteiger partial charge >= 0.3 is 0 Å². The lowest BCUT2D eigenvalue weighted by molar-refractivity contribution is 0.282. The van der Waals surface area contributed by atoms with Crippen molar-refractivity contribution in [3.63, 3.8) is 0 Å². The lowest BCUT2D eigenvalue weighted by atomic mass is 10.3. The monoisotopic (exact) mass is 219 g/mol. The fourth-order valence-corrected chi connectivity index (χ4v) is 1.46. The number of benzene rings is 1. The summed E-state index contributed by atoms with van der Waals surface area (Å²) in [6.07, 6.45) is 1.55. The maximum atomic E-state index is 9.02. The fourth-order valence-electron chi connectivity index (χ4n) is 1.46. The Morgan fingerprint density at radius 3 is 2.94 bits per heavy atom. The first-order chi connectivity index (χ1) is 7.76. The molecule has 5 nitrogen and oxygen atoms in total. The van der Waals surface area contributed by atoms with Crippen LogP contribution in [0.4, 0.5) is 5.82 Å². The number of nitrogens with two attached hydrogens (primary N) is 1. The van der Waals surface area contributed by atoms with E-state index in [1.807, 2.05) is 24.3 Å². The average molecular weight is 219 g/mol. The van der Waals surface area contributed by atoms with Crippen LogP contribution < -0.4 is 10.5 Å². The number of ether oxygens (including phenoxy) is 1. The first-order valence-corrected chi connectivity index (χ1v) is 4.84. The lowest BCUT2D eigenvalue weighted by Gasteiger charge is -2.06. The molecule has 1 aromatic heterocycles. The minimum Gasteiger partial charge on any atom is -0.497 e. The fraction of sp³-hybridized carbons (Fsp3) is 0.182. The van der Waals surface area contributed by atoms with Crippen molar-refractivity contribution in [2.75, 3.05) is 12.8 Å². The van der Waals surface area contributed by atoms with Gasteiger partial charge in [-0.3, -0.25) is 0 Å². The Bertz CT molecular complexity index is 494. The molecule has 0 aliphatic rings. The van der Waals surface area contributed by atoms with Crippen LogP contribution >= 0.6 is 0 Å². The van der Waals surface area contributed by atoms with Gasteiger partial charge < -0.3 is 15.6 Å². The number of aliphatic hydroxyl groups excluding tert-OH is 1. The zero-order valence-electron chi connectivity index (χ0n) is 8.92. The molecule has 3 N–H and O–H groups in total. The van der Waals surface area contributed by atoms with Crippen molar-refractivity contribution >= 4 is 5.82 Å². The van der Waals surface area contributed by atoms with E-state index in [0.29, 0.717) is 11.4 Å². The quantitative estimate of drug-likeness (QED) is 0.806. The summed E-state index contributed by atoms with van der Waals surface area (Å²) < 4.78 is 6.68. The highest BCUT2D eigenvalue weighted by molar-refractivity contribution is 5.48. The van der Waals surface area contributed by atoms with Crippen LogP contribution in [-0.4, -0.2) is 22.0 Å². The molecule has 5 heteroatoms. The number of aromatic nitrogens is 2. The summed E-state index contributed by atoms with van der Waals surface area (Å²) in [5.41, 5.74) is 7.25. The molecule has 2 aromatic rings. The van der Waals surface area contributed by atoms with E-state index in [0.717, 1.165) is 11.4 Å². The third kappa shape index (κ3) is 1.72. The van der Waals surface area contributed by atoms with E-state index in [4.69, 9.17) is 15.6 Å². The van der Waals surface area contributed by atoms with Gasteiger partial charge in [-0.25, -0.2) is 4.68 Å². The molecule has 0 saturated carbocycles. The summed E-state index contributed by atoms with van der Waals surface area (Å²) in [6.45, 7) is -0.115. The highest BCUT2D eigenvalue weighted by atomic mass is 16.5. The molecular formula is C11H13N3O2. The zero-order chi connectivity index (χ0) is 11.5. The van der Waals surface area contributed by atoms with E-state index in [-0.39, 0.29) is 6.61 Å². The molecule has 16 heavy (non-hydrogen) atoms. The third-order valence-electron chi connectivity index (χ3n) is 2.35. The molecule has 0 unspecified atom stereocenters. The van der Waals surface area contributed by atoms with Gasteiger partial charge in [-0.05, 0) is 12.1 Å². The summed E-state index contributed by atoms with van der Waals surface area (Å²) in [5.74, 6) is 1.17. The van der Waals surface area contributed by atoms with E-state index in [1.165, 1.54) is 0 Å². The Balaban J connectivity index is 2.45. The molecule has 0 radical (unpaired) electrons. The standard InChI is InChI=1S/C11H13N3O2/c1-16-10-4-2-3-9(5-10)14-11(12)8(7-15)6-13-14/h2-6,15H,7,12H2,1H3. The molecule has 0 aliphatic carbocycles. The number of rotatable bonds is 3. The van der Waals surface area contributed by atoms with E-state index >= 15 is 0 Å². The maximum absolute atomic E-state index is 9.02. The topological polar surface area (TPSA) is 73.3 Å². The minimum atomic E-state index is -0.115. The van der Waals surface area contributed by atoms with Crippen LogP contribution in [0.25, 0.3) is 5.69 Å². The second kappa shape index (κ2) is 4.24. The van der Waals surface area contributed by atoms with Crippen LogP contribution in [0.5, 0.6) is 5.75 Å². The number of hydrogen-bond donors (Lipinski definition) is 2. The van der Waals surface area contributed by atoms with Crippen molar-refractivity contribution in [2.24, 2.45) is 0 Å². The number of anilines is 1. The Labute approximate surface area is 93.1 Å². The molecule has 0 saturated heterocycles. The maximum Gasteiger partial charge on any atom is 0.132 e. The highest BCUT2D eigenvalue weighted by Crippen LogP contribution is 2.20. The second-order valence-corrected chi connectivity index (χ2v) is 3.33. The lowest BCUT2D eigenvalue weighted by Crippen LogP contribution is -2.03. The summed E-state index contributed by atoms with van der Waals surface area (Å²) in [5, 5.41) is 13.1. The second-order valence-electron chi connectivity index (χ2n) is 3.33. The Hall–Kier alpha value is -2.01. The predicted molar refractivity (Wildman–Crippen MR) is 60.5 cm³/mol. The van der Waals surface area contributed by atoms with Gasteiger partial charge in [-0.15, -0.1) is 0 Å². The molecule has 0 spiro atoms. The normalized spacial score (nSPS) is 10.4. The SMILES string of the molecule is COc1cccc(-n2ncc(CO)c2N)c1. The Kier molecular flexibility index (Phi) is 2.78. The molecule has 0 atom stereocenters. The average Bonchev–Trinajstić information content (AvgIpc) is 2.70. The van der Waals surface area contributed by atoms with Crippen LogP contribution in [0, 0.1) is 0 Å². The Morgan fingerprint density at radius 1 is 1.50 bits per heavy atom. The van der Waals surface area contributed by atoms with Gasteiger partial charge in [0.15, 0.2) is 0 Å². The van der Waals surface area contributed by atoms with E-state index < -0.39 is 0 Å². The molecule has 0 bridgehead atoms.